The van der Waals surface area contributed by atoms with Crippen LogP contribution in [0.1, 0.15) is 10.4 Å². The molecule has 0 bridgehead atoms. The van der Waals surface area contributed by atoms with Crippen molar-refractivity contribution in [3.8, 4) is 17.0 Å². The normalized spacial score (nSPS) is 11.8. The van der Waals surface area contributed by atoms with Crippen LogP contribution >= 0.6 is 0 Å². The molecule has 0 saturated carbocycles. The first-order valence-electron chi connectivity index (χ1n) is 10.2. The number of hydrogen-bond donors (Lipinski definition) is 2. The van der Waals surface area contributed by atoms with Crippen LogP contribution in [-0.4, -0.2) is 55.3 Å². The third-order valence-corrected chi connectivity index (χ3v) is 6.73. The first kappa shape index (κ1) is 23.1. The highest BCUT2D eigenvalue weighted by Crippen LogP contribution is 2.37. The Bertz CT molecular complexity index is 1680. The van der Waals surface area contributed by atoms with Gasteiger partial charge in [0.25, 0.3) is 5.91 Å². The van der Waals surface area contributed by atoms with Crippen LogP contribution in [0, 0.1) is 0 Å². The number of amides is 1. The van der Waals surface area contributed by atoms with Crippen molar-refractivity contribution >= 4 is 27.1 Å². The van der Waals surface area contributed by atoms with E-state index in [0.717, 1.165) is 18.2 Å². The Morgan fingerprint density at radius 2 is 2.08 bits per heavy atom. The van der Waals surface area contributed by atoms with E-state index in [1.54, 1.807) is 19.3 Å². The van der Waals surface area contributed by atoms with Crippen molar-refractivity contribution < 1.29 is 26.7 Å². The Balaban J connectivity index is 1.59. The van der Waals surface area contributed by atoms with Gasteiger partial charge in [0.05, 0.1) is 23.1 Å². The number of halogens is 2. The zero-order valence-electron chi connectivity index (χ0n) is 18.3. The lowest BCUT2D eigenvalue weighted by Crippen LogP contribution is -2.12. The lowest BCUT2D eigenvalue weighted by molar-refractivity contribution is -0.0494. The minimum atomic E-state index is -4.09. The molecule has 0 aliphatic rings. The van der Waals surface area contributed by atoms with Gasteiger partial charge in [0, 0.05) is 37.4 Å². The number of nitrogens with zero attached hydrogens (tertiary/aromatic N) is 6. The number of imidazole rings is 1. The monoisotopic (exact) mass is 514 g/mol. The molecule has 0 aliphatic heterocycles. The quantitative estimate of drug-likeness (QED) is 0.337. The summed E-state index contributed by atoms with van der Waals surface area (Å²) in [6, 6.07) is 5.00. The molecule has 4 aromatic heterocycles. The molecule has 1 amide bonds. The van der Waals surface area contributed by atoms with Crippen molar-refractivity contribution in [2.45, 2.75) is 16.5 Å². The van der Waals surface area contributed by atoms with Crippen LogP contribution in [0.5, 0.6) is 5.75 Å². The van der Waals surface area contributed by atoms with Gasteiger partial charge in [-0.2, -0.15) is 19.0 Å². The van der Waals surface area contributed by atoms with Crippen LogP contribution < -0.4 is 10.1 Å². The Morgan fingerprint density at radius 1 is 1.25 bits per heavy atom. The van der Waals surface area contributed by atoms with Crippen LogP contribution in [0.3, 0.4) is 0 Å². The van der Waals surface area contributed by atoms with E-state index in [1.807, 2.05) is 0 Å². The highest BCUT2D eigenvalue weighted by atomic mass is 32.2. The molecule has 0 saturated heterocycles. The minimum Gasteiger partial charge on any atom is -0.434 e. The zero-order valence-corrected chi connectivity index (χ0v) is 19.1. The second kappa shape index (κ2) is 8.84. The number of hydrogen-bond acceptors (Lipinski definition) is 8. The summed E-state index contributed by atoms with van der Waals surface area (Å²) in [4.78, 5) is 23.3. The number of anilines is 1. The summed E-state index contributed by atoms with van der Waals surface area (Å²) in [5.41, 5.74) is 0.496. The molecule has 2 N–H and O–H groups in total. The van der Waals surface area contributed by atoms with E-state index in [-0.39, 0.29) is 38.2 Å². The topological polar surface area (TPSA) is 149 Å². The number of aromatic nitrogens is 7. The molecule has 0 spiro atoms. The van der Waals surface area contributed by atoms with Gasteiger partial charge in [-0.1, -0.05) is 0 Å². The average Bonchev–Trinajstić information content (AvgIpc) is 3.59. The van der Waals surface area contributed by atoms with Gasteiger partial charge in [0.1, 0.15) is 17.0 Å². The molecule has 36 heavy (non-hydrogen) atoms. The number of rotatable bonds is 7. The number of sulfone groups is 1. The maximum atomic E-state index is 13.2. The van der Waals surface area contributed by atoms with Crippen molar-refractivity contribution in [1.82, 2.24) is 34.3 Å². The minimum absolute atomic E-state index is 0.00464. The molecule has 12 nitrogen and oxygen atoms in total. The second-order valence-electron chi connectivity index (χ2n) is 7.41. The van der Waals surface area contributed by atoms with Gasteiger partial charge < -0.3 is 15.0 Å². The Kier molecular flexibility index (Phi) is 5.68. The van der Waals surface area contributed by atoms with Crippen molar-refractivity contribution in [1.29, 1.82) is 0 Å². The van der Waals surface area contributed by atoms with Crippen molar-refractivity contribution in [3.63, 3.8) is 0 Å². The van der Waals surface area contributed by atoms with Gasteiger partial charge in [-0.3, -0.25) is 9.48 Å². The van der Waals surface area contributed by atoms with E-state index < -0.39 is 22.4 Å². The summed E-state index contributed by atoms with van der Waals surface area (Å²) in [6.45, 7) is -3.19. The first-order chi connectivity index (χ1) is 17.2. The molecule has 0 fully saturated rings. The number of nitrogens with one attached hydrogen (secondary N) is 2. The summed E-state index contributed by atoms with van der Waals surface area (Å²) in [5.74, 6) is -0.924. The molecule has 4 heterocycles. The molecule has 5 rings (SSSR count). The standard InChI is InChI=1S/C21H16F2N8O4S/c1-30-10-15(28-20(32)14-8-27-31-6-2-5-25-19(14)31)18(29-30)13-7-12(3-4-16(13)35-21(22)23)36(33,34)17-9-24-11-26-17/h2-11,21H,1H3,(H,24,26)(H,28,32). The number of carbonyl (C=O) groups excluding carboxylic acids is 1. The predicted octanol–water partition coefficient (Wildman–Crippen LogP) is 2.54. The van der Waals surface area contributed by atoms with E-state index in [9.17, 15) is 22.0 Å². The molecule has 184 valence electrons. The van der Waals surface area contributed by atoms with Gasteiger partial charge in [0.15, 0.2) is 10.7 Å². The highest BCUT2D eigenvalue weighted by molar-refractivity contribution is 7.91. The molecule has 1 aromatic carbocycles. The molecule has 0 atom stereocenters. The Hall–Kier alpha value is -4.66. The van der Waals surface area contributed by atoms with Crippen LogP contribution in [0.2, 0.25) is 0 Å². The number of fused-ring (bicyclic) bond motifs is 1. The molecule has 0 unspecified atom stereocenters. The third kappa shape index (κ3) is 4.15. The van der Waals surface area contributed by atoms with Crippen molar-refractivity contribution in [3.05, 3.63) is 67.1 Å². The molecule has 15 heteroatoms. The summed E-state index contributed by atoms with van der Waals surface area (Å²) in [7, 11) is -2.54. The number of aromatic amines is 1. The number of alkyl halides is 2. The van der Waals surface area contributed by atoms with E-state index >= 15 is 0 Å². The second-order valence-corrected chi connectivity index (χ2v) is 9.31. The number of benzene rings is 1. The van der Waals surface area contributed by atoms with E-state index in [1.165, 1.54) is 40.3 Å². The van der Waals surface area contributed by atoms with E-state index in [2.05, 4.69) is 35.2 Å². The lowest BCUT2D eigenvalue weighted by atomic mass is 10.1. The summed E-state index contributed by atoms with van der Waals surface area (Å²) >= 11 is 0. The van der Waals surface area contributed by atoms with Gasteiger partial charge in [-0.15, -0.1) is 0 Å². The molecular formula is C21H16F2N8O4S. The SMILES string of the molecule is Cn1cc(NC(=O)c2cnn3cccnc23)c(-c2cc(S(=O)(=O)c3c[nH]cn3)ccc2OC(F)F)n1. The van der Waals surface area contributed by atoms with Crippen LogP contribution in [-0.2, 0) is 16.9 Å². The van der Waals surface area contributed by atoms with Gasteiger partial charge in [0.2, 0.25) is 9.84 Å². The molecular weight excluding hydrogens is 498 g/mol. The number of carbonyl (C=O) groups is 1. The highest BCUT2D eigenvalue weighted by Gasteiger charge is 2.26. The smallest absolute Gasteiger partial charge is 0.387 e. The van der Waals surface area contributed by atoms with Crippen molar-refractivity contribution in [2.24, 2.45) is 7.05 Å². The van der Waals surface area contributed by atoms with Crippen LogP contribution in [0.4, 0.5) is 14.5 Å². The largest absolute Gasteiger partial charge is 0.434 e. The summed E-state index contributed by atoms with van der Waals surface area (Å²) < 4.78 is 59.6. The van der Waals surface area contributed by atoms with Gasteiger partial charge in [-0.25, -0.2) is 22.9 Å². The van der Waals surface area contributed by atoms with Crippen LogP contribution in [0.25, 0.3) is 16.9 Å². The predicted molar refractivity (Wildman–Crippen MR) is 120 cm³/mol. The Morgan fingerprint density at radius 3 is 2.83 bits per heavy atom. The first-order valence-corrected chi connectivity index (χ1v) is 11.7. The number of ether oxygens (including phenoxy) is 1. The third-order valence-electron chi connectivity index (χ3n) is 5.08. The van der Waals surface area contributed by atoms with E-state index in [0.29, 0.717) is 5.65 Å². The fraction of sp³-hybridized carbons (Fsp3) is 0.0952. The van der Waals surface area contributed by atoms with E-state index in [4.69, 9.17) is 0 Å². The van der Waals surface area contributed by atoms with Crippen LogP contribution in [0.15, 0.2) is 71.5 Å². The number of H-pyrrole nitrogens is 1. The van der Waals surface area contributed by atoms with Crippen molar-refractivity contribution in [2.75, 3.05) is 5.32 Å². The number of aryl methyl sites for hydroxylation is 1. The summed E-state index contributed by atoms with van der Waals surface area (Å²) in [6.07, 6.45) is 8.28. The molecule has 5 aromatic rings. The average molecular weight is 514 g/mol. The fourth-order valence-electron chi connectivity index (χ4n) is 3.53. The fourth-order valence-corrected chi connectivity index (χ4v) is 4.71. The summed E-state index contributed by atoms with van der Waals surface area (Å²) in [5, 5.41) is 10.7. The zero-order chi connectivity index (χ0) is 25.4. The maximum absolute atomic E-state index is 13.2. The molecule has 0 aliphatic carbocycles. The Labute approximate surface area is 201 Å². The molecule has 0 radical (unpaired) electrons. The van der Waals surface area contributed by atoms with Gasteiger partial charge >= 0.3 is 6.61 Å². The lowest BCUT2D eigenvalue weighted by Gasteiger charge is -2.13. The maximum Gasteiger partial charge on any atom is 0.387 e. The van der Waals surface area contributed by atoms with Gasteiger partial charge in [-0.05, 0) is 24.3 Å².